The van der Waals surface area contributed by atoms with Crippen molar-refractivity contribution in [3.63, 3.8) is 0 Å². The quantitative estimate of drug-likeness (QED) is 0.705. The maximum Gasteiger partial charge on any atom is 0.153 e. The monoisotopic (exact) mass is 218 g/mol. The molecule has 3 heteroatoms. The van der Waals surface area contributed by atoms with Crippen molar-refractivity contribution in [2.45, 2.75) is 0 Å². The molecule has 2 aromatic carbocycles. The van der Waals surface area contributed by atoms with E-state index in [1.165, 1.54) is 30.3 Å². The van der Waals surface area contributed by atoms with Gasteiger partial charge in [0.05, 0.1) is 5.56 Å². The summed E-state index contributed by atoms with van der Waals surface area (Å²) in [4.78, 5) is 10.6. The van der Waals surface area contributed by atoms with E-state index in [9.17, 15) is 13.6 Å². The zero-order chi connectivity index (χ0) is 11.5. The highest BCUT2D eigenvalue weighted by atomic mass is 19.1. The Kier molecular flexibility index (Phi) is 2.77. The van der Waals surface area contributed by atoms with Crippen molar-refractivity contribution in [1.82, 2.24) is 0 Å². The van der Waals surface area contributed by atoms with Gasteiger partial charge in [-0.2, -0.15) is 0 Å². The molecule has 0 spiro atoms. The highest BCUT2D eigenvalue weighted by molar-refractivity contribution is 5.79. The van der Waals surface area contributed by atoms with Gasteiger partial charge in [-0.1, -0.05) is 18.2 Å². The van der Waals surface area contributed by atoms with Gasteiger partial charge in [0.2, 0.25) is 0 Å². The number of rotatable bonds is 2. The zero-order valence-electron chi connectivity index (χ0n) is 8.28. The van der Waals surface area contributed by atoms with Crippen LogP contribution in [0.25, 0.3) is 11.1 Å². The van der Waals surface area contributed by atoms with Gasteiger partial charge in [-0.05, 0) is 35.4 Å². The smallest absolute Gasteiger partial charge is 0.153 e. The van der Waals surface area contributed by atoms with E-state index in [1.54, 1.807) is 12.1 Å². The molecule has 0 aliphatic heterocycles. The van der Waals surface area contributed by atoms with Gasteiger partial charge in [-0.25, -0.2) is 8.78 Å². The number of aldehydes is 1. The van der Waals surface area contributed by atoms with E-state index in [1.807, 2.05) is 0 Å². The van der Waals surface area contributed by atoms with Crippen LogP contribution in [-0.4, -0.2) is 6.29 Å². The number of carbonyl (C=O) groups is 1. The van der Waals surface area contributed by atoms with E-state index in [0.29, 0.717) is 17.4 Å². The normalized spacial score (nSPS) is 10.1. The van der Waals surface area contributed by atoms with E-state index in [2.05, 4.69) is 0 Å². The lowest BCUT2D eigenvalue weighted by Crippen LogP contribution is -1.89. The second-order valence-electron chi connectivity index (χ2n) is 3.36. The molecule has 2 aromatic rings. The minimum absolute atomic E-state index is 0.0261. The van der Waals surface area contributed by atoms with Crippen molar-refractivity contribution in [1.29, 1.82) is 0 Å². The minimum atomic E-state index is -0.574. The summed E-state index contributed by atoms with van der Waals surface area (Å²) >= 11 is 0. The van der Waals surface area contributed by atoms with Gasteiger partial charge >= 0.3 is 0 Å². The van der Waals surface area contributed by atoms with Crippen molar-refractivity contribution in [3.05, 3.63) is 59.7 Å². The number of hydrogen-bond acceptors (Lipinski definition) is 1. The minimum Gasteiger partial charge on any atom is -0.298 e. The lowest BCUT2D eigenvalue weighted by Gasteiger charge is -2.03. The van der Waals surface area contributed by atoms with E-state index in [4.69, 9.17) is 0 Å². The fourth-order valence-corrected chi connectivity index (χ4v) is 1.48. The molecular weight excluding hydrogens is 210 g/mol. The Hall–Kier alpha value is -2.03. The van der Waals surface area contributed by atoms with Crippen LogP contribution in [0.4, 0.5) is 8.78 Å². The summed E-state index contributed by atoms with van der Waals surface area (Å²) in [5.74, 6) is -0.940. The van der Waals surface area contributed by atoms with E-state index >= 15 is 0 Å². The van der Waals surface area contributed by atoms with Gasteiger partial charge in [0.15, 0.2) is 6.29 Å². The van der Waals surface area contributed by atoms with Gasteiger partial charge in [-0.15, -0.1) is 0 Å². The fraction of sp³-hybridized carbons (Fsp3) is 0. The molecule has 0 unspecified atom stereocenters. The Bertz CT molecular complexity index is 535. The second kappa shape index (κ2) is 4.23. The van der Waals surface area contributed by atoms with Crippen LogP contribution in [0.5, 0.6) is 0 Å². The van der Waals surface area contributed by atoms with Gasteiger partial charge in [0.1, 0.15) is 11.6 Å². The largest absolute Gasteiger partial charge is 0.298 e. The summed E-state index contributed by atoms with van der Waals surface area (Å²) < 4.78 is 26.0. The Balaban J connectivity index is 2.52. The van der Waals surface area contributed by atoms with Crippen LogP contribution < -0.4 is 0 Å². The predicted molar refractivity (Wildman–Crippen MR) is 57.2 cm³/mol. The molecule has 0 heterocycles. The molecule has 0 amide bonds. The first-order chi connectivity index (χ1) is 7.70. The third kappa shape index (κ3) is 1.98. The van der Waals surface area contributed by atoms with Gasteiger partial charge < -0.3 is 0 Å². The molecule has 0 aliphatic carbocycles. The first kappa shape index (κ1) is 10.5. The Morgan fingerprint density at radius 2 is 1.69 bits per heavy atom. The number of carbonyl (C=O) groups excluding carboxylic acids is 1. The van der Waals surface area contributed by atoms with Crippen LogP contribution in [0.15, 0.2) is 42.5 Å². The third-order valence-electron chi connectivity index (χ3n) is 2.28. The Labute approximate surface area is 91.3 Å². The Morgan fingerprint density at radius 3 is 2.38 bits per heavy atom. The van der Waals surface area contributed by atoms with Gasteiger partial charge in [0.25, 0.3) is 0 Å². The fourth-order valence-electron chi connectivity index (χ4n) is 1.48. The second-order valence-corrected chi connectivity index (χ2v) is 3.36. The highest BCUT2D eigenvalue weighted by Crippen LogP contribution is 2.22. The van der Waals surface area contributed by atoms with Crippen molar-refractivity contribution in [2.75, 3.05) is 0 Å². The molecule has 0 radical (unpaired) electrons. The molecule has 0 saturated heterocycles. The van der Waals surface area contributed by atoms with E-state index in [0.717, 1.165) is 0 Å². The van der Waals surface area contributed by atoms with E-state index < -0.39 is 5.82 Å². The van der Waals surface area contributed by atoms with Gasteiger partial charge in [0, 0.05) is 0 Å². The van der Waals surface area contributed by atoms with Crippen molar-refractivity contribution in [3.8, 4) is 11.1 Å². The number of hydrogen-bond donors (Lipinski definition) is 0. The average Bonchev–Trinajstić information content (AvgIpc) is 2.29. The molecule has 0 bridgehead atoms. The summed E-state index contributed by atoms with van der Waals surface area (Å²) in [7, 11) is 0. The molecule has 0 N–H and O–H groups in total. The van der Waals surface area contributed by atoms with Crippen LogP contribution in [0.2, 0.25) is 0 Å². The van der Waals surface area contributed by atoms with Crippen molar-refractivity contribution in [2.24, 2.45) is 0 Å². The maximum atomic E-state index is 13.1. The summed E-state index contributed by atoms with van der Waals surface area (Å²) in [6, 6.07) is 10.0. The number of halogens is 2. The average molecular weight is 218 g/mol. The van der Waals surface area contributed by atoms with Crippen LogP contribution in [0.1, 0.15) is 10.4 Å². The molecular formula is C13H8F2O. The first-order valence-electron chi connectivity index (χ1n) is 4.71. The highest BCUT2D eigenvalue weighted by Gasteiger charge is 2.04. The lowest BCUT2D eigenvalue weighted by molar-refractivity contribution is 0.112. The molecule has 0 fully saturated rings. The van der Waals surface area contributed by atoms with Crippen LogP contribution >= 0.6 is 0 Å². The van der Waals surface area contributed by atoms with Crippen molar-refractivity contribution < 1.29 is 13.6 Å². The maximum absolute atomic E-state index is 13.1. The summed E-state index contributed by atoms with van der Waals surface area (Å²) in [6.45, 7) is 0. The molecule has 80 valence electrons. The van der Waals surface area contributed by atoms with E-state index in [-0.39, 0.29) is 11.4 Å². The standard InChI is InChI=1S/C13H8F2O/c14-12-3-1-2-9(7-12)10-4-5-13(15)11(6-10)8-16/h1-8H. The SMILES string of the molecule is O=Cc1cc(-c2cccc(F)c2)ccc1F. The van der Waals surface area contributed by atoms with Crippen molar-refractivity contribution >= 4 is 6.29 Å². The summed E-state index contributed by atoms with van der Waals surface area (Å²) in [5, 5.41) is 0. The molecule has 0 saturated carbocycles. The molecule has 0 aromatic heterocycles. The molecule has 0 aliphatic rings. The lowest BCUT2D eigenvalue weighted by atomic mass is 10.0. The van der Waals surface area contributed by atoms with Gasteiger partial charge in [-0.3, -0.25) is 4.79 Å². The molecule has 0 atom stereocenters. The topological polar surface area (TPSA) is 17.1 Å². The number of benzene rings is 2. The zero-order valence-corrected chi connectivity index (χ0v) is 8.28. The van der Waals surface area contributed by atoms with Crippen LogP contribution in [-0.2, 0) is 0 Å². The predicted octanol–water partition coefficient (Wildman–Crippen LogP) is 3.44. The third-order valence-corrected chi connectivity index (χ3v) is 2.28. The summed E-state index contributed by atoms with van der Waals surface area (Å²) in [5.41, 5.74) is 1.20. The molecule has 1 nitrogen and oxygen atoms in total. The molecule has 16 heavy (non-hydrogen) atoms. The first-order valence-corrected chi connectivity index (χ1v) is 4.71. The summed E-state index contributed by atoms with van der Waals surface area (Å²) in [6.07, 6.45) is 0.443. The van der Waals surface area contributed by atoms with Crippen LogP contribution in [0, 0.1) is 11.6 Å². The molecule has 2 rings (SSSR count). The Morgan fingerprint density at radius 1 is 0.938 bits per heavy atom. The van der Waals surface area contributed by atoms with Crippen LogP contribution in [0.3, 0.4) is 0 Å².